The molecule has 0 unspecified atom stereocenters. The summed E-state index contributed by atoms with van der Waals surface area (Å²) in [6.07, 6.45) is 9.75. The number of thioether (sulfide) groups is 1. The third-order valence-corrected chi connectivity index (χ3v) is 3.86. The van der Waals surface area contributed by atoms with E-state index in [1.807, 2.05) is 16.8 Å². The molecule has 1 aliphatic heterocycles. The maximum absolute atomic E-state index is 4.73. The Morgan fingerprint density at radius 2 is 2.06 bits per heavy atom. The monoisotopic (exact) mass is 248 g/mol. The summed E-state index contributed by atoms with van der Waals surface area (Å²) in [6.45, 7) is 2.25. The number of aromatic nitrogens is 3. The van der Waals surface area contributed by atoms with Crippen molar-refractivity contribution in [1.29, 1.82) is 0 Å². The highest BCUT2D eigenvalue weighted by molar-refractivity contribution is 7.98. The van der Waals surface area contributed by atoms with E-state index in [4.69, 9.17) is 4.98 Å². The van der Waals surface area contributed by atoms with E-state index in [2.05, 4.69) is 22.2 Å². The Bertz CT molecular complexity index is 516. The summed E-state index contributed by atoms with van der Waals surface area (Å²) in [5.74, 6) is 1.08. The van der Waals surface area contributed by atoms with Gasteiger partial charge in [0, 0.05) is 31.5 Å². The fourth-order valence-electron chi connectivity index (χ4n) is 2.31. The van der Waals surface area contributed by atoms with Gasteiger partial charge >= 0.3 is 0 Å². The number of piperidine rings is 1. The summed E-state index contributed by atoms with van der Waals surface area (Å²) in [7, 11) is 0. The Hall–Kier alpha value is -1.23. The normalized spacial score (nSPS) is 16.6. The molecule has 0 bridgehead atoms. The van der Waals surface area contributed by atoms with E-state index in [1.165, 1.54) is 19.3 Å². The van der Waals surface area contributed by atoms with E-state index in [-0.39, 0.29) is 0 Å². The van der Waals surface area contributed by atoms with Crippen molar-refractivity contribution < 1.29 is 0 Å². The molecule has 5 heteroatoms. The first-order valence-electron chi connectivity index (χ1n) is 6.01. The topological polar surface area (TPSA) is 33.4 Å². The molecule has 0 aliphatic carbocycles. The average molecular weight is 248 g/mol. The van der Waals surface area contributed by atoms with Gasteiger partial charge in [0.2, 0.25) is 0 Å². The highest BCUT2D eigenvalue weighted by atomic mass is 32.2. The van der Waals surface area contributed by atoms with Crippen LogP contribution in [-0.2, 0) is 0 Å². The molecule has 2 aromatic rings. The van der Waals surface area contributed by atoms with E-state index < -0.39 is 0 Å². The van der Waals surface area contributed by atoms with E-state index in [9.17, 15) is 0 Å². The van der Waals surface area contributed by atoms with Gasteiger partial charge in [0.25, 0.3) is 0 Å². The van der Waals surface area contributed by atoms with Crippen LogP contribution < -0.4 is 4.90 Å². The molecule has 0 radical (unpaired) electrons. The van der Waals surface area contributed by atoms with Crippen molar-refractivity contribution in [2.24, 2.45) is 0 Å². The van der Waals surface area contributed by atoms with Crippen molar-refractivity contribution in [3.63, 3.8) is 0 Å². The van der Waals surface area contributed by atoms with E-state index in [0.29, 0.717) is 0 Å². The minimum absolute atomic E-state index is 0.991. The van der Waals surface area contributed by atoms with Crippen molar-refractivity contribution in [3.8, 4) is 0 Å². The lowest BCUT2D eigenvalue weighted by Gasteiger charge is -2.28. The molecular formula is C12H16N4S. The minimum Gasteiger partial charge on any atom is -0.356 e. The van der Waals surface area contributed by atoms with Crippen molar-refractivity contribution in [3.05, 3.63) is 18.5 Å². The number of imidazole rings is 1. The van der Waals surface area contributed by atoms with Gasteiger partial charge in [0.15, 0.2) is 5.16 Å². The van der Waals surface area contributed by atoms with Crippen LogP contribution in [-0.4, -0.2) is 33.7 Å². The molecule has 0 N–H and O–H groups in total. The third-order valence-electron chi connectivity index (χ3n) is 3.21. The average Bonchev–Trinajstić information content (AvgIpc) is 2.86. The number of hydrogen-bond donors (Lipinski definition) is 0. The maximum Gasteiger partial charge on any atom is 0.175 e. The lowest BCUT2D eigenvalue weighted by atomic mass is 10.1. The van der Waals surface area contributed by atoms with Gasteiger partial charge in [-0.2, -0.15) is 0 Å². The van der Waals surface area contributed by atoms with Gasteiger partial charge in [0.1, 0.15) is 11.5 Å². The molecule has 1 aliphatic rings. The fraction of sp³-hybridized carbons (Fsp3) is 0.500. The fourth-order valence-corrected chi connectivity index (χ4v) is 2.85. The minimum atomic E-state index is 0.991. The van der Waals surface area contributed by atoms with Crippen molar-refractivity contribution in [2.45, 2.75) is 24.4 Å². The third kappa shape index (κ3) is 1.99. The van der Waals surface area contributed by atoms with Crippen LogP contribution in [0.1, 0.15) is 19.3 Å². The molecular weight excluding hydrogens is 232 g/mol. The molecule has 0 aromatic carbocycles. The largest absolute Gasteiger partial charge is 0.356 e. The second-order valence-electron chi connectivity index (χ2n) is 4.30. The summed E-state index contributed by atoms with van der Waals surface area (Å²) in [6, 6.07) is 2.09. The molecule has 0 amide bonds. The molecule has 4 nitrogen and oxygen atoms in total. The van der Waals surface area contributed by atoms with Crippen LogP contribution in [0.2, 0.25) is 0 Å². The van der Waals surface area contributed by atoms with E-state index in [0.717, 1.165) is 29.7 Å². The predicted octanol–water partition coefficient (Wildman–Crippen LogP) is 2.44. The lowest BCUT2D eigenvalue weighted by Crippen LogP contribution is -2.30. The van der Waals surface area contributed by atoms with Crippen LogP contribution in [0.3, 0.4) is 0 Å². The Labute approximate surface area is 105 Å². The molecule has 1 saturated heterocycles. The zero-order valence-electron chi connectivity index (χ0n) is 9.96. The first kappa shape index (κ1) is 10.9. The van der Waals surface area contributed by atoms with Crippen LogP contribution in [0.15, 0.2) is 23.6 Å². The van der Waals surface area contributed by atoms with Gasteiger partial charge in [0.05, 0.1) is 0 Å². The summed E-state index contributed by atoms with van der Waals surface area (Å²) >= 11 is 1.67. The maximum atomic E-state index is 4.73. The number of nitrogens with zero attached hydrogens (tertiary/aromatic N) is 4. The van der Waals surface area contributed by atoms with Crippen molar-refractivity contribution >= 4 is 23.2 Å². The second kappa shape index (κ2) is 4.56. The van der Waals surface area contributed by atoms with Crippen molar-refractivity contribution in [1.82, 2.24) is 14.4 Å². The van der Waals surface area contributed by atoms with Gasteiger partial charge in [-0.1, -0.05) is 11.8 Å². The first-order valence-corrected chi connectivity index (χ1v) is 7.24. The quantitative estimate of drug-likeness (QED) is 0.604. The first-order chi connectivity index (χ1) is 8.38. The zero-order chi connectivity index (χ0) is 11.7. The van der Waals surface area contributed by atoms with Crippen LogP contribution in [0.25, 0.3) is 5.65 Å². The number of hydrogen-bond acceptors (Lipinski definition) is 4. The van der Waals surface area contributed by atoms with Gasteiger partial charge < -0.3 is 4.90 Å². The van der Waals surface area contributed by atoms with Gasteiger partial charge in [-0.05, 0) is 25.5 Å². The number of fused-ring (bicyclic) bond motifs is 1. The van der Waals surface area contributed by atoms with Gasteiger partial charge in [-0.3, -0.25) is 4.40 Å². The predicted molar refractivity (Wildman–Crippen MR) is 70.8 cm³/mol. The Balaban J connectivity index is 2.03. The zero-order valence-corrected chi connectivity index (χ0v) is 10.8. The summed E-state index contributed by atoms with van der Waals surface area (Å²) in [5, 5.41) is 1.01. The SMILES string of the molecule is CSc1nc(N2CCCCC2)cc2nccn12. The van der Waals surface area contributed by atoms with Gasteiger partial charge in [-0.15, -0.1) is 0 Å². The molecule has 3 heterocycles. The molecule has 17 heavy (non-hydrogen) atoms. The highest BCUT2D eigenvalue weighted by Gasteiger charge is 2.14. The number of rotatable bonds is 2. The summed E-state index contributed by atoms with van der Waals surface area (Å²) in [4.78, 5) is 11.5. The van der Waals surface area contributed by atoms with Crippen LogP contribution in [0.5, 0.6) is 0 Å². The Kier molecular flexibility index (Phi) is 2.93. The Morgan fingerprint density at radius 1 is 1.24 bits per heavy atom. The van der Waals surface area contributed by atoms with Gasteiger partial charge in [-0.25, -0.2) is 9.97 Å². The van der Waals surface area contributed by atoms with Crippen LogP contribution >= 0.6 is 11.8 Å². The molecule has 0 atom stereocenters. The molecule has 1 fully saturated rings. The smallest absolute Gasteiger partial charge is 0.175 e. The number of anilines is 1. The van der Waals surface area contributed by atoms with Crippen LogP contribution in [0, 0.1) is 0 Å². The molecule has 3 rings (SSSR count). The van der Waals surface area contributed by atoms with Crippen molar-refractivity contribution in [2.75, 3.05) is 24.2 Å². The van der Waals surface area contributed by atoms with E-state index >= 15 is 0 Å². The Morgan fingerprint density at radius 3 is 2.82 bits per heavy atom. The van der Waals surface area contributed by atoms with E-state index in [1.54, 1.807) is 11.8 Å². The molecule has 0 saturated carbocycles. The lowest BCUT2D eigenvalue weighted by molar-refractivity contribution is 0.571. The summed E-state index contributed by atoms with van der Waals surface area (Å²) < 4.78 is 2.04. The summed E-state index contributed by atoms with van der Waals surface area (Å²) in [5.41, 5.74) is 0.991. The second-order valence-corrected chi connectivity index (χ2v) is 5.08. The standard InChI is InChI=1S/C12H16N4S/c1-17-12-14-11(15-6-3-2-4-7-15)9-10-13-5-8-16(10)12/h5,8-9H,2-4,6-7H2,1H3. The van der Waals surface area contributed by atoms with Crippen LogP contribution in [0.4, 0.5) is 5.82 Å². The molecule has 2 aromatic heterocycles. The highest BCUT2D eigenvalue weighted by Crippen LogP contribution is 2.23. The molecule has 0 spiro atoms. The molecule has 90 valence electrons.